The average Bonchev–Trinajstić information content (AvgIpc) is 2.65. The number of unbranched alkanes of at least 4 members (excludes halogenated alkanes) is 17. The van der Waals surface area contributed by atoms with Crippen molar-refractivity contribution in [2.75, 3.05) is 6.61 Å². The Balaban J connectivity index is 0. The number of aliphatic hydroxyl groups excluding tert-OH is 1. The summed E-state index contributed by atoms with van der Waals surface area (Å²) in [4.78, 5) is 0. The average molecular weight is 459 g/mol. The van der Waals surface area contributed by atoms with E-state index in [1.807, 2.05) is 0 Å². The SMILES string of the molecule is CCCCCCCCCCCCCCCCCCCCC(CCO)S(=O)(=O)[O-].[K+]. The minimum Gasteiger partial charge on any atom is -0.748 e. The summed E-state index contributed by atoms with van der Waals surface area (Å²) in [6.45, 7) is 2.04. The third-order valence-corrected chi connectivity index (χ3v) is 7.03. The fraction of sp³-hybridized carbons (Fsp3) is 1.00. The van der Waals surface area contributed by atoms with Crippen LogP contribution >= 0.6 is 0 Å². The van der Waals surface area contributed by atoms with Gasteiger partial charge in [-0.2, -0.15) is 0 Å². The summed E-state index contributed by atoms with van der Waals surface area (Å²) in [6, 6.07) is 0. The topological polar surface area (TPSA) is 77.4 Å². The van der Waals surface area contributed by atoms with Crippen molar-refractivity contribution in [3.05, 3.63) is 0 Å². The fourth-order valence-electron chi connectivity index (χ4n) is 3.85. The van der Waals surface area contributed by atoms with Crippen LogP contribution in [0.3, 0.4) is 0 Å². The maximum atomic E-state index is 11.1. The number of aliphatic hydroxyl groups is 1. The molecule has 0 amide bonds. The van der Waals surface area contributed by atoms with Crippen LogP contribution in [-0.4, -0.2) is 29.9 Å². The maximum absolute atomic E-state index is 11.1. The molecule has 0 heterocycles. The van der Waals surface area contributed by atoms with Gasteiger partial charge in [0.1, 0.15) is 0 Å². The molecule has 0 aliphatic heterocycles. The van der Waals surface area contributed by atoms with E-state index < -0.39 is 15.4 Å². The van der Waals surface area contributed by atoms with E-state index in [9.17, 15) is 13.0 Å². The Morgan fingerprint density at radius 3 is 1.21 bits per heavy atom. The monoisotopic (exact) mass is 458 g/mol. The molecule has 1 unspecified atom stereocenters. The number of rotatable bonds is 22. The minimum absolute atomic E-state index is 0. The van der Waals surface area contributed by atoms with E-state index in [2.05, 4.69) is 6.92 Å². The van der Waals surface area contributed by atoms with Crippen LogP contribution in [0, 0.1) is 0 Å². The Morgan fingerprint density at radius 1 is 0.621 bits per heavy atom. The molecule has 0 saturated carbocycles. The van der Waals surface area contributed by atoms with Crippen LogP contribution < -0.4 is 51.4 Å². The molecule has 1 atom stereocenters. The second-order valence-electron chi connectivity index (χ2n) is 8.43. The van der Waals surface area contributed by atoms with Crippen molar-refractivity contribution in [2.45, 2.75) is 141 Å². The normalized spacial score (nSPS) is 12.7. The van der Waals surface area contributed by atoms with Crippen molar-refractivity contribution in [3.8, 4) is 0 Å². The van der Waals surface area contributed by atoms with Gasteiger partial charge < -0.3 is 9.66 Å². The van der Waals surface area contributed by atoms with Crippen LogP contribution in [0.1, 0.15) is 135 Å². The van der Waals surface area contributed by atoms with E-state index in [0.717, 1.165) is 19.3 Å². The molecule has 29 heavy (non-hydrogen) atoms. The number of hydrogen-bond donors (Lipinski definition) is 1. The predicted octanol–water partition coefficient (Wildman–Crippen LogP) is 3.72. The third-order valence-electron chi connectivity index (χ3n) is 5.74. The first-order valence-corrected chi connectivity index (χ1v) is 13.5. The molecular weight excluding hydrogens is 411 g/mol. The van der Waals surface area contributed by atoms with Crippen molar-refractivity contribution < 1.29 is 69.5 Å². The van der Waals surface area contributed by atoms with Gasteiger partial charge in [0, 0.05) is 6.61 Å². The van der Waals surface area contributed by atoms with E-state index in [4.69, 9.17) is 5.11 Å². The molecule has 0 aromatic carbocycles. The standard InChI is InChI=1S/C23H48O4S.K/c1-2-3-4-5-6-7-8-9-10-11-12-13-14-15-16-17-18-19-20-23(21-22-24)28(25,26)27;/h23-24H,2-22H2,1H3,(H,25,26,27);/q;+1/p-1. The van der Waals surface area contributed by atoms with Gasteiger partial charge in [-0.3, -0.25) is 0 Å². The molecule has 4 nitrogen and oxygen atoms in total. The van der Waals surface area contributed by atoms with Crippen molar-refractivity contribution in [1.29, 1.82) is 0 Å². The van der Waals surface area contributed by atoms with Gasteiger partial charge in [0.05, 0.1) is 15.4 Å². The minimum atomic E-state index is -4.26. The van der Waals surface area contributed by atoms with Gasteiger partial charge in [-0.05, 0) is 12.8 Å². The Hall–Kier alpha value is 1.51. The van der Waals surface area contributed by atoms with E-state index in [-0.39, 0.29) is 64.4 Å². The molecule has 0 radical (unpaired) electrons. The van der Waals surface area contributed by atoms with Gasteiger partial charge in [-0.15, -0.1) is 0 Å². The molecule has 0 bridgehead atoms. The quantitative estimate of drug-likeness (QED) is 0.152. The van der Waals surface area contributed by atoms with Crippen LogP contribution in [0.5, 0.6) is 0 Å². The van der Waals surface area contributed by atoms with Gasteiger partial charge in [0.2, 0.25) is 0 Å². The van der Waals surface area contributed by atoms with E-state index in [1.165, 1.54) is 96.3 Å². The summed E-state index contributed by atoms with van der Waals surface area (Å²) < 4.78 is 33.2. The molecule has 0 rings (SSSR count). The molecule has 0 aliphatic carbocycles. The van der Waals surface area contributed by atoms with Crippen molar-refractivity contribution in [2.24, 2.45) is 0 Å². The van der Waals surface area contributed by atoms with Crippen LogP contribution in [-0.2, 0) is 10.1 Å². The second kappa shape index (κ2) is 24.2. The van der Waals surface area contributed by atoms with Crippen molar-refractivity contribution >= 4 is 10.1 Å². The molecule has 0 spiro atoms. The molecular formula is C23H47KO4S. The zero-order chi connectivity index (χ0) is 20.9. The molecule has 1 N–H and O–H groups in total. The third kappa shape index (κ3) is 24.0. The second-order valence-corrected chi connectivity index (χ2v) is 10.1. The Morgan fingerprint density at radius 2 is 0.931 bits per heavy atom. The Bertz CT molecular complexity index is 415. The van der Waals surface area contributed by atoms with Crippen LogP contribution in [0.2, 0.25) is 0 Å². The van der Waals surface area contributed by atoms with E-state index in [0.29, 0.717) is 6.42 Å². The van der Waals surface area contributed by atoms with Gasteiger partial charge in [0.25, 0.3) is 0 Å². The van der Waals surface area contributed by atoms with E-state index in [1.54, 1.807) is 0 Å². The summed E-state index contributed by atoms with van der Waals surface area (Å²) in [7, 11) is -4.26. The summed E-state index contributed by atoms with van der Waals surface area (Å²) >= 11 is 0. The summed E-state index contributed by atoms with van der Waals surface area (Å²) in [5.41, 5.74) is 0. The Labute approximate surface area is 224 Å². The first kappa shape index (κ1) is 32.7. The van der Waals surface area contributed by atoms with Gasteiger partial charge in [-0.1, -0.05) is 122 Å². The smallest absolute Gasteiger partial charge is 0.748 e. The van der Waals surface area contributed by atoms with Gasteiger partial charge in [-0.25, -0.2) is 8.42 Å². The van der Waals surface area contributed by atoms with Crippen LogP contribution in [0.4, 0.5) is 0 Å². The molecule has 6 heteroatoms. The van der Waals surface area contributed by atoms with Gasteiger partial charge >= 0.3 is 51.4 Å². The van der Waals surface area contributed by atoms with Crippen LogP contribution in [0.25, 0.3) is 0 Å². The zero-order valence-corrected chi connectivity index (χ0v) is 23.4. The largest absolute Gasteiger partial charge is 1.00 e. The van der Waals surface area contributed by atoms with Crippen molar-refractivity contribution in [3.63, 3.8) is 0 Å². The van der Waals surface area contributed by atoms with Gasteiger partial charge in [0.15, 0.2) is 0 Å². The molecule has 170 valence electrons. The first-order valence-electron chi connectivity index (χ1n) is 12.1. The summed E-state index contributed by atoms with van der Waals surface area (Å²) in [6.07, 6.45) is 23.8. The fourth-order valence-corrected chi connectivity index (χ4v) is 4.70. The van der Waals surface area contributed by atoms with E-state index >= 15 is 0 Å². The summed E-state index contributed by atoms with van der Waals surface area (Å²) in [5, 5.41) is 7.94. The molecule has 0 saturated heterocycles. The number of hydrogen-bond acceptors (Lipinski definition) is 4. The first-order chi connectivity index (χ1) is 13.5. The Kier molecular flexibility index (Phi) is 27.2. The molecule has 0 fully saturated rings. The molecule has 0 aromatic heterocycles. The van der Waals surface area contributed by atoms with Crippen LogP contribution in [0.15, 0.2) is 0 Å². The molecule has 0 aliphatic rings. The summed E-state index contributed by atoms with van der Waals surface area (Å²) in [5.74, 6) is 0. The zero-order valence-electron chi connectivity index (χ0n) is 19.5. The maximum Gasteiger partial charge on any atom is 1.00 e. The molecule has 0 aromatic rings. The predicted molar refractivity (Wildman–Crippen MR) is 119 cm³/mol. The van der Waals surface area contributed by atoms with Crippen molar-refractivity contribution in [1.82, 2.24) is 0 Å².